The molecule has 1 aromatic heterocycles. The lowest BCUT2D eigenvalue weighted by Gasteiger charge is -2.13. The summed E-state index contributed by atoms with van der Waals surface area (Å²) in [6.07, 6.45) is 4.97. The van der Waals surface area contributed by atoms with Crippen LogP contribution in [0.4, 0.5) is 5.69 Å². The fourth-order valence-electron chi connectivity index (χ4n) is 3.85. The van der Waals surface area contributed by atoms with E-state index in [1.165, 1.54) is 31.2 Å². The summed E-state index contributed by atoms with van der Waals surface area (Å²) in [5.41, 5.74) is 4.38. The molecule has 1 fully saturated rings. The van der Waals surface area contributed by atoms with Crippen LogP contribution in [0, 0.1) is 0 Å². The van der Waals surface area contributed by atoms with Crippen LogP contribution in [0.5, 0.6) is 0 Å². The van der Waals surface area contributed by atoms with Crippen LogP contribution in [0.15, 0.2) is 59.1 Å². The normalized spacial score (nSPS) is 14.5. The van der Waals surface area contributed by atoms with E-state index in [0.717, 1.165) is 16.9 Å². The predicted octanol–water partition coefficient (Wildman–Crippen LogP) is 6.41. The Balaban J connectivity index is 1.68. The zero-order chi connectivity index (χ0) is 19.5. The molecule has 4 rings (SSSR count). The van der Waals surface area contributed by atoms with Crippen LogP contribution in [0.25, 0.3) is 22.6 Å². The molecule has 1 amide bonds. The fourth-order valence-corrected chi connectivity index (χ4v) is 3.96. The molecule has 0 radical (unpaired) electrons. The Labute approximate surface area is 173 Å². The number of aromatic nitrogens is 1. The molecule has 28 heavy (non-hydrogen) atoms. The van der Waals surface area contributed by atoms with E-state index in [1.54, 1.807) is 6.07 Å². The largest absolute Gasteiger partial charge is 0.356 e. The highest BCUT2D eigenvalue weighted by atomic mass is 35.5. The summed E-state index contributed by atoms with van der Waals surface area (Å²) < 4.78 is 5.70. The van der Waals surface area contributed by atoms with E-state index in [-0.39, 0.29) is 0 Å². The third-order valence-electron chi connectivity index (χ3n) is 5.19. The number of para-hydroxylation sites is 1. The molecule has 0 unspecified atom stereocenters. The van der Waals surface area contributed by atoms with Gasteiger partial charge in [0.1, 0.15) is 5.69 Å². The molecule has 1 N–H and O–H groups in total. The maximum Gasteiger partial charge on any atom is 0.257 e. The molecule has 0 aliphatic heterocycles. The Kier molecular flexibility index (Phi) is 5.69. The highest BCUT2D eigenvalue weighted by Gasteiger charge is 2.22. The molecule has 1 heterocycles. The number of benzene rings is 2. The Bertz CT molecular complexity index is 978. The van der Waals surface area contributed by atoms with Crippen molar-refractivity contribution in [2.24, 2.45) is 0 Å². The van der Waals surface area contributed by atoms with Crippen molar-refractivity contribution < 1.29 is 9.32 Å². The molecular weight excluding hydrogens is 395 g/mol. The van der Waals surface area contributed by atoms with Crippen LogP contribution in [0.1, 0.15) is 37.2 Å². The van der Waals surface area contributed by atoms with Crippen molar-refractivity contribution in [1.82, 2.24) is 5.16 Å². The van der Waals surface area contributed by atoms with E-state index in [0.29, 0.717) is 17.3 Å². The standard InChI is InChI=1S/C22H20Cl2N2O2/c23-21(24)22(27)25-18-12-6-5-11-17(18)19-13-20(28-26-19)16-10-4-3-9-15(16)14-7-1-2-8-14/h3-6,9-14,21H,1-2,7-8H2,(H,25,27). The van der Waals surface area contributed by atoms with Gasteiger partial charge in [-0.25, -0.2) is 0 Å². The number of hydrogen-bond donors (Lipinski definition) is 1. The Hall–Kier alpha value is -2.30. The van der Waals surface area contributed by atoms with Gasteiger partial charge in [-0.1, -0.05) is 83.7 Å². The Morgan fingerprint density at radius 3 is 2.46 bits per heavy atom. The lowest BCUT2D eigenvalue weighted by atomic mass is 9.91. The highest BCUT2D eigenvalue weighted by molar-refractivity contribution is 6.54. The monoisotopic (exact) mass is 414 g/mol. The van der Waals surface area contributed by atoms with Gasteiger partial charge in [0.15, 0.2) is 10.6 Å². The van der Waals surface area contributed by atoms with Gasteiger partial charge in [-0.3, -0.25) is 4.79 Å². The van der Waals surface area contributed by atoms with Gasteiger partial charge in [-0.2, -0.15) is 0 Å². The van der Waals surface area contributed by atoms with Crippen molar-refractivity contribution in [3.8, 4) is 22.6 Å². The van der Waals surface area contributed by atoms with Crippen molar-refractivity contribution in [1.29, 1.82) is 0 Å². The Morgan fingerprint density at radius 1 is 1.04 bits per heavy atom. The molecule has 1 aliphatic carbocycles. The molecule has 0 spiro atoms. The average Bonchev–Trinajstić information content (AvgIpc) is 3.40. The first-order chi connectivity index (χ1) is 13.6. The van der Waals surface area contributed by atoms with E-state index in [2.05, 4.69) is 28.7 Å². The van der Waals surface area contributed by atoms with Gasteiger partial charge in [-0.05, 0) is 30.4 Å². The van der Waals surface area contributed by atoms with Crippen molar-refractivity contribution in [2.45, 2.75) is 36.4 Å². The quantitative estimate of drug-likeness (QED) is 0.490. The summed E-state index contributed by atoms with van der Waals surface area (Å²) in [6.45, 7) is 0. The van der Waals surface area contributed by atoms with Crippen molar-refractivity contribution in [3.63, 3.8) is 0 Å². The first-order valence-corrected chi connectivity index (χ1v) is 10.2. The van der Waals surface area contributed by atoms with Crippen LogP contribution in [-0.4, -0.2) is 15.9 Å². The number of rotatable bonds is 5. The maximum atomic E-state index is 11.9. The van der Waals surface area contributed by atoms with Gasteiger partial charge in [0.2, 0.25) is 0 Å². The van der Waals surface area contributed by atoms with Gasteiger partial charge < -0.3 is 9.84 Å². The number of amides is 1. The summed E-state index contributed by atoms with van der Waals surface area (Å²) in [5, 5.41) is 6.98. The van der Waals surface area contributed by atoms with Crippen molar-refractivity contribution in [2.75, 3.05) is 5.32 Å². The number of nitrogens with one attached hydrogen (secondary N) is 1. The number of carbonyl (C=O) groups is 1. The van der Waals surface area contributed by atoms with E-state index in [4.69, 9.17) is 27.7 Å². The zero-order valence-electron chi connectivity index (χ0n) is 15.2. The summed E-state index contributed by atoms with van der Waals surface area (Å²) in [4.78, 5) is 10.8. The number of hydrogen-bond acceptors (Lipinski definition) is 3. The third kappa shape index (κ3) is 3.94. The van der Waals surface area contributed by atoms with E-state index in [9.17, 15) is 4.79 Å². The zero-order valence-corrected chi connectivity index (χ0v) is 16.7. The lowest BCUT2D eigenvalue weighted by molar-refractivity contribution is -0.114. The Morgan fingerprint density at radius 2 is 1.71 bits per heavy atom. The summed E-state index contributed by atoms with van der Waals surface area (Å²) in [5.74, 6) is 0.818. The molecule has 2 aromatic carbocycles. The first-order valence-electron chi connectivity index (χ1n) is 9.38. The average molecular weight is 415 g/mol. The molecule has 6 heteroatoms. The van der Waals surface area contributed by atoms with Crippen LogP contribution >= 0.6 is 23.2 Å². The topological polar surface area (TPSA) is 55.1 Å². The SMILES string of the molecule is O=C(Nc1ccccc1-c1cc(-c2ccccc2C2CCCC2)on1)C(Cl)Cl. The fraction of sp³-hybridized carbons (Fsp3) is 0.273. The van der Waals surface area contributed by atoms with Gasteiger partial charge in [0.25, 0.3) is 5.91 Å². The number of carbonyl (C=O) groups excluding carboxylic acids is 1. The molecule has 3 aromatic rings. The highest BCUT2D eigenvalue weighted by Crippen LogP contribution is 2.40. The molecule has 4 nitrogen and oxygen atoms in total. The van der Waals surface area contributed by atoms with Crippen LogP contribution in [0.3, 0.4) is 0 Å². The minimum atomic E-state index is -1.14. The number of halogens is 2. The van der Waals surface area contributed by atoms with Crippen molar-refractivity contribution >= 4 is 34.8 Å². The minimum absolute atomic E-state index is 0.480. The van der Waals surface area contributed by atoms with E-state index in [1.807, 2.05) is 30.3 Å². The molecule has 144 valence electrons. The maximum absolute atomic E-state index is 11.9. The molecule has 0 atom stereocenters. The second-order valence-corrected chi connectivity index (χ2v) is 8.08. The van der Waals surface area contributed by atoms with Gasteiger partial charge in [-0.15, -0.1) is 0 Å². The minimum Gasteiger partial charge on any atom is -0.356 e. The molecule has 0 saturated heterocycles. The van der Waals surface area contributed by atoms with Crippen LogP contribution < -0.4 is 5.32 Å². The van der Waals surface area contributed by atoms with E-state index < -0.39 is 10.7 Å². The predicted molar refractivity (Wildman–Crippen MR) is 113 cm³/mol. The smallest absolute Gasteiger partial charge is 0.257 e. The number of alkyl halides is 2. The van der Waals surface area contributed by atoms with Gasteiger partial charge in [0, 0.05) is 17.2 Å². The van der Waals surface area contributed by atoms with E-state index >= 15 is 0 Å². The van der Waals surface area contributed by atoms with Crippen LogP contribution in [-0.2, 0) is 4.79 Å². The summed E-state index contributed by atoms with van der Waals surface area (Å²) >= 11 is 11.3. The first kappa shape index (κ1) is 19.0. The molecular formula is C22H20Cl2N2O2. The number of anilines is 1. The lowest BCUT2D eigenvalue weighted by Crippen LogP contribution is -2.18. The second kappa shape index (κ2) is 8.38. The third-order valence-corrected chi connectivity index (χ3v) is 5.59. The number of nitrogens with zero attached hydrogens (tertiary/aromatic N) is 1. The summed E-state index contributed by atoms with van der Waals surface area (Å²) in [6, 6.07) is 17.6. The van der Waals surface area contributed by atoms with Gasteiger partial charge >= 0.3 is 0 Å². The van der Waals surface area contributed by atoms with Crippen molar-refractivity contribution in [3.05, 3.63) is 60.2 Å². The molecule has 1 saturated carbocycles. The van der Waals surface area contributed by atoms with Crippen LogP contribution in [0.2, 0.25) is 0 Å². The second-order valence-electron chi connectivity index (χ2n) is 6.98. The summed E-state index contributed by atoms with van der Waals surface area (Å²) in [7, 11) is 0. The molecule has 0 bridgehead atoms. The van der Waals surface area contributed by atoms with Gasteiger partial charge in [0.05, 0.1) is 5.69 Å². The molecule has 1 aliphatic rings.